The first-order chi connectivity index (χ1) is 9.99. The van der Waals surface area contributed by atoms with Crippen LogP contribution >= 0.6 is 11.3 Å². The van der Waals surface area contributed by atoms with E-state index in [1.54, 1.807) is 11.3 Å². The van der Waals surface area contributed by atoms with E-state index in [-0.39, 0.29) is 17.4 Å². The maximum atomic E-state index is 13.3. The van der Waals surface area contributed by atoms with Crippen molar-refractivity contribution in [1.82, 2.24) is 4.90 Å². The van der Waals surface area contributed by atoms with Gasteiger partial charge in [-0.1, -0.05) is 6.07 Å². The van der Waals surface area contributed by atoms with Crippen LogP contribution in [0, 0.1) is 15.9 Å². The Hall–Kier alpha value is -1.99. The highest BCUT2D eigenvalue weighted by Gasteiger charge is 2.18. The van der Waals surface area contributed by atoms with E-state index in [0.29, 0.717) is 6.54 Å². The molecule has 0 amide bonds. The second kappa shape index (κ2) is 6.64. The van der Waals surface area contributed by atoms with E-state index < -0.39 is 10.7 Å². The third-order valence-electron chi connectivity index (χ3n) is 3.14. The molecule has 5 nitrogen and oxygen atoms in total. The van der Waals surface area contributed by atoms with Gasteiger partial charge in [0.1, 0.15) is 11.5 Å². The Kier molecular flexibility index (Phi) is 4.87. The van der Waals surface area contributed by atoms with E-state index in [1.807, 2.05) is 36.5 Å². The fourth-order valence-corrected chi connectivity index (χ4v) is 2.96. The molecule has 1 aromatic carbocycles. The summed E-state index contributed by atoms with van der Waals surface area (Å²) in [5.74, 6) is -0.499. The largest absolute Gasteiger partial charge is 0.377 e. The minimum absolute atomic E-state index is 0.0628. The minimum Gasteiger partial charge on any atom is -0.377 e. The van der Waals surface area contributed by atoms with Gasteiger partial charge in [0.05, 0.1) is 11.0 Å². The number of halogens is 1. The Balaban J connectivity index is 2.18. The first kappa shape index (κ1) is 15.4. The highest BCUT2D eigenvalue weighted by atomic mass is 32.1. The van der Waals surface area contributed by atoms with E-state index in [0.717, 1.165) is 17.0 Å². The minimum atomic E-state index is -0.516. The van der Waals surface area contributed by atoms with Gasteiger partial charge < -0.3 is 10.2 Å². The van der Waals surface area contributed by atoms with Gasteiger partial charge in [0.25, 0.3) is 5.69 Å². The summed E-state index contributed by atoms with van der Waals surface area (Å²) in [7, 11) is 3.87. The Labute approximate surface area is 126 Å². The second-order valence-electron chi connectivity index (χ2n) is 4.79. The highest BCUT2D eigenvalue weighted by molar-refractivity contribution is 7.10. The fourth-order valence-electron chi connectivity index (χ4n) is 2.03. The number of hydrogen-bond acceptors (Lipinski definition) is 5. The average molecular weight is 309 g/mol. The van der Waals surface area contributed by atoms with Gasteiger partial charge in [-0.25, -0.2) is 4.39 Å². The van der Waals surface area contributed by atoms with Gasteiger partial charge in [-0.3, -0.25) is 10.1 Å². The Morgan fingerprint density at radius 2 is 2.19 bits per heavy atom. The van der Waals surface area contributed by atoms with Crippen molar-refractivity contribution in [3.63, 3.8) is 0 Å². The van der Waals surface area contributed by atoms with Crippen molar-refractivity contribution in [3.8, 4) is 0 Å². The van der Waals surface area contributed by atoms with Crippen molar-refractivity contribution in [2.24, 2.45) is 0 Å². The molecule has 0 spiro atoms. The smallest absolute Gasteiger partial charge is 0.292 e. The van der Waals surface area contributed by atoms with Crippen molar-refractivity contribution < 1.29 is 9.31 Å². The number of benzene rings is 1. The van der Waals surface area contributed by atoms with Crippen molar-refractivity contribution >= 4 is 22.7 Å². The first-order valence-corrected chi connectivity index (χ1v) is 7.24. The zero-order chi connectivity index (χ0) is 15.4. The summed E-state index contributed by atoms with van der Waals surface area (Å²) >= 11 is 1.62. The molecule has 0 aliphatic rings. The van der Waals surface area contributed by atoms with Crippen LogP contribution in [0.1, 0.15) is 10.9 Å². The van der Waals surface area contributed by atoms with Gasteiger partial charge in [-0.05, 0) is 31.6 Å². The summed E-state index contributed by atoms with van der Waals surface area (Å²) in [6, 6.07) is 7.45. The molecule has 1 aromatic heterocycles. The molecule has 1 unspecified atom stereocenters. The quantitative estimate of drug-likeness (QED) is 0.655. The summed E-state index contributed by atoms with van der Waals surface area (Å²) in [4.78, 5) is 13.6. The molecule has 0 bridgehead atoms. The topological polar surface area (TPSA) is 58.4 Å². The zero-order valence-corrected chi connectivity index (χ0v) is 12.6. The molecule has 0 saturated heterocycles. The van der Waals surface area contributed by atoms with Crippen LogP contribution in [0.3, 0.4) is 0 Å². The Morgan fingerprint density at radius 3 is 2.76 bits per heavy atom. The van der Waals surface area contributed by atoms with Gasteiger partial charge in [0, 0.05) is 23.6 Å². The van der Waals surface area contributed by atoms with Crippen molar-refractivity contribution in [2.75, 3.05) is 26.0 Å². The second-order valence-corrected chi connectivity index (χ2v) is 5.77. The molecule has 0 aliphatic carbocycles. The molecule has 2 rings (SSSR count). The Morgan fingerprint density at radius 1 is 1.43 bits per heavy atom. The number of nitro benzene ring substituents is 1. The molecule has 1 atom stereocenters. The monoisotopic (exact) mass is 309 g/mol. The zero-order valence-electron chi connectivity index (χ0n) is 11.7. The number of nitrogens with zero attached hydrogens (tertiary/aromatic N) is 2. The number of thiophene rings is 1. The standard InChI is InChI=1S/C14H16FN3O2S/c1-17(2)13(14-4-3-7-21-14)9-16-11-8-10(15)5-6-12(11)18(19)20/h3-8,13,16H,9H2,1-2H3. The van der Waals surface area contributed by atoms with Crippen LogP contribution in [0.5, 0.6) is 0 Å². The molecule has 2 aromatic rings. The van der Waals surface area contributed by atoms with Crippen LogP contribution in [0.2, 0.25) is 0 Å². The van der Waals surface area contributed by atoms with E-state index in [2.05, 4.69) is 5.32 Å². The SMILES string of the molecule is CN(C)C(CNc1cc(F)ccc1[N+](=O)[O-])c1cccs1. The van der Waals surface area contributed by atoms with E-state index >= 15 is 0 Å². The van der Waals surface area contributed by atoms with Crippen LogP contribution in [-0.4, -0.2) is 30.5 Å². The summed E-state index contributed by atoms with van der Waals surface area (Å²) in [6.07, 6.45) is 0. The van der Waals surface area contributed by atoms with Crippen molar-refractivity contribution in [3.05, 3.63) is 56.5 Å². The van der Waals surface area contributed by atoms with Crippen molar-refractivity contribution in [1.29, 1.82) is 0 Å². The lowest BCUT2D eigenvalue weighted by molar-refractivity contribution is -0.384. The van der Waals surface area contributed by atoms with Gasteiger partial charge in [0.2, 0.25) is 0 Å². The predicted octanol–water partition coefficient (Wildman–Crippen LogP) is 3.51. The predicted molar refractivity (Wildman–Crippen MR) is 82.3 cm³/mol. The lowest BCUT2D eigenvalue weighted by Crippen LogP contribution is -2.26. The maximum absolute atomic E-state index is 13.3. The molecular weight excluding hydrogens is 293 g/mol. The van der Waals surface area contributed by atoms with Crippen LogP contribution in [-0.2, 0) is 0 Å². The molecule has 1 N–H and O–H groups in total. The maximum Gasteiger partial charge on any atom is 0.292 e. The van der Waals surface area contributed by atoms with E-state index in [9.17, 15) is 14.5 Å². The number of rotatable bonds is 6. The molecule has 112 valence electrons. The summed E-state index contributed by atoms with van der Waals surface area (Å²) in [5.41, 5.74) is 0.0727. The number of nitrogens with one attached hydrogen (secondary N) is 1. The molecular formula is C14H16FN3O2S. The van der Waals surface area contributed by atoms with Gasteiger partial charge >= 0.3 is 0 Å². The van der Waals surface area contributed by atoms with Gasteiger partial charge in [-0.15, -0.1) is 11.3 Å². The Bertz CT molecular complexity index is 617. The summed E-state index contributed by atoms with van der Waals surface area (Å²) in [5, 5.41) is 15.9. The number of anilines is 1. The average Bonchev–Trinajstić information content (AvgIpc) is 2.92. The van der Waals surface area contributed by atoms with Gasteiger partial charge in [0.15, 0.2) is 0 Å². The molecule has 21 heavy (non-hydrogen) atoms. The summed E-state index contributed by atoms with van der Waals surface area (Å²) < 4.78 is 13.3. The lowest BCUT2D eigenvalue weighted by Gasteiger charge is -2.24. The van der Waals surface area contributed by atoms with Crippen LogP contribution in [0.15, 0.2) is 35.7 Å². The van der Waals surface area contributed by atoms with E-state index in [1.165, 1.54) is 6.07 Å². The van der Waals surface area contributed by atoms with Crippen LogP contribution < -0.4 is 5.32 Å². The molecule has 1 heterocycles. The normalized spacial score (nSPS) is 12.4. The fraction of sp³-hybridized carbons (Fsp3) is 0.286. The molecule has 0 radical (unpaired) electrons. The van der Waals surface area contributed by atoms with Crippen LogP contribution in [0.4, 0.5) is 15.8 Å². The van der Waals surface area contributed by atoms with Crippen LogP contribution in [0.25, 0.3) is 0 Å². The van der Waals surface area contributed by atoms with E-state index in [4.69, 9.17) is 0 Å². The lowest BCUT2D eigenvalue weighted by atomic mass is 10.2. The number of hydrogen-bond donors (Lipinski definition) is 1. The van der Waals surface area contributed by atoms with Gasteiger partial charge in [-0.2, -0.15) is 0 Å². The molecule has 0 saturated carbocycles. The van der Waals surface area contributed by atoms with Crippen molar-refractivity contribution in [2.45, 2.75) is 6.04 Å². The molecule has 7 heteroatoms. The molecule has 0 aliphatic heterocycles. The summed E-state index contributed by atoms with van der Waals surface area (Å²) in [6.45, 7) is 0.456. The number of likely N-dealkylation sites (N-methyl/N-ethyl adjacent to an activating group) is 1. The first-order valence-electron chi connectivity index (χ1n) is 6.36. The highest BCUT2D eigenvalue weighted by Crippen LogP contribution is 2.28. The third-order valence-corrected chi connectivity index (χ3v) is 4.11. The third kappa shape index (κ3) is 3.77. The number of nitro groups is 1. The molecule has 0 fully saturated rings.